The number of aryl methyl sites for hydroxylation is 1. The fourth-order valence-corrected chi connectivity index (χ4v) is 2.59. The van der Waals surface area contributed by atoms with Crippen LogP contribution in [-0.2, 0) is 9.59 Å². The Hall–Kier alpha value is -1.95. The van der Waals surface area contributed by atoms with E-state index in [0.717, 1.165) is 25.1 Å². The number of nitrogens with zero attached hydrogens (tertiary/aromatic N) is 2. The SMILES string of the molecule is Cc1cccc(NC(=O)[C@@H]2CCCN([C@H](C)C(N)=O)C2)n1. The van der Waals surface area contributed by atoms with Gasteiger partial charge >= 0.3 is 0 Å². The molecule has 0 aliphatic carbocycles. The van der Waals surface area contributed by atoms with E-state index in [9.17, 15) is 9.59 Å². The summed E-state index contributed by atoms with van der Waals surface area (Å²) in [7, 11) is 0. The number of aromatic nitrogens is 1. The molecular formula is C15H22N4O2. The van der Waals surface area contributed by atoms with Gasteiger partial charge in [0.15, 0.2) is 0 Å². The van der Waals surface area contributed by atoms with Crippen molar-refractivity contribution in [2.75, 3.05) is 18.4 Å². The van der Waals surface area contributed by atoms with Crippen LogP contribution in [-0.4, -0.2) is 40.8 Å². The number of hydrogen-bond donors (Lipinski definition) is 2. The molecule has 2 heterocycles. The summed E-state index contributed by atoms with van der Waals surface area (Å²) in [6.45, 7) is 5.02. The lowest BCUT2D eigenvalue weighted by Crippen LogP contribution is -2.49. The number of piperidine rings is 1. The van der Waals surface area contributed by atoms with Crippen molar-refractivity contribution in [3.63, 3.8) is 0 Å². The molecule has 2 amide bonds. The number of anilines is 1. The highest BCUT2D eigenvalue weighted by atomic mass is 16.2. The van der Waals surface area contributed by atoms with Crippen molar-refractivity contribution in [1.29, 1.82) is 0 Å². The summed E-state index contributed by atoms with van der Waals surface area (Å²) in [5.74, 6) is 0.0359. The molecule has 0 bridgehead atoms. The number of carbonyl (C=O) groups excluding carboxylic acids is 2. The fourth-order valence-electron chi connectivity index (χ4n) is 2.59. The molecule has 1 aromatic heterocycles. The largest absolute Gasteiger partial charge is 0.368 e. The maximum Gasteiger partial charge on any atom is 0.234 e. The maximum atomic E-state index is 12.3. The number of carbonyl (C=O) groups is 2. The fraction of sp³-hybridized carbons (Fsp3) is 0.533. The van der Waals surface area contributed by atoms with Gasteiger partial charge in [0, 0.05) is 12.2 Å². The quantitative estimate of drug-likeness (QED) is 0.863. The van der Waals surface area contributed by atoms with Crippen LogP contribution in [0.3, 0.4) is 0 Å². The predicted octanol–water partition coefficient (Wildman–Crippen LogP) is 0.914. The molecule has 3 N–H and O–H groups in total. The molecule has 2 rings (SSSR count). The molecule has 114 valence electrons. The molecule has 2 atom stereocenters. The number of nitrogens with two attached hydrogens (primary N) is 1. The second-order valence-electron chi connectivity index (χ2n) is 5.57. The Balaban J connectivity index is 1.97. The van der Waals surface area contributed by atoms with Crippen molar-refractivity contribution in [3.05, 3.63) is 23.9 Å². The molecule has 0 unspecified atom stereocenters. The number of amides is 2. The minimum absolute atomic E-state index is 0.0468. The van der Waals surface area contributed by atoms with Gasteiger partial charge < -0.3 is 11.1 Å². The Kier molecular flexibility index (Phi) is 4.90. The number of primary amides is 1. The molecule has 6 nitrogen and oxygen atoms in total. The van der Waals surface area contributed by atoms with E-state index in [0.29, 0.717) is 12.4 Å². The molecule has 0 saturated carbocycles. The van der Waals surface area contributed by atoms with Gasteiger partial charge in [0.2, 0.25) is 11.8 Å². The van der Waals surface area contributed by atoms with Crippen LogP contribution in [0.2, 0.25) is 0 Å². The number of pyridine rings is 1. The van der Waals surface area contributed by atoms with Crippen molar-refractivity contribution in [2.24, 2.45) is 11.7 Å². The van der Waals surface area contributed by atoms with E-state index in [2.05, 4.69) is 10.3 Å². The zero-order valence-electron chi connectivity index (χ0n) is 12.5. The van der Waals surface area contributed by atoms with Crippen LogP contribution in [0.15, 0.2) is 18.2 Å². The van der Waals surface area contributed by atoms with Crippen LogP contribution in [0.4, 0.5) is 5.82 Å². The van der Waals surface area contributed by atoms with Crippen molar-refractivity contribution >= 4 is 17.6 Å². The molecule has 0 aromatic carbocycles. The van der Waals surface area contributed by atoms with Gasteiger partial charge in [0.25, 0.3) is 0 Å². The lowest BCUT2D eigenvalue weighted by Gasteiger charge is -2.34. The van der Waals surface area contributed by atoms with Crippen molar-refractivity contribution in [1.82, 2.24) is 9.88 Å². The third-order valence-electron chi connectivity index (χ3n) is 3.92. The van der Waals surface area contributed by atoms with Crippen molar-refractivity contribution in [3.8, 4) is 0 Å². The van der Waals surface area contributed by atoms with E-state index >= 15 is 0 Å². The molecule has 0 spiro atoms. The third kappa shape index (κ3) is 4.01. The molecule has 1 aliphatic rings. The van der Waals surface area contributed by atoms with Crippen LogP contribution in [0.1, 0.15) is 25.5 Å². The number of hydrogen-bond acceptors (Lipinski definition) is 4. The first-order valence-corrected chi connectivity index (χ1v) is 7.25. The second kappa shape index (κ2) is 6.67. The second-order valence-corrected chi connectivity index (χ2v) is 5.57. The topological polar surface area (TPSA) is 88.3 Å². The summed E-state index contributed by atoms with van der Waals surface area (Å²) in [5.41, 5.74) is 6.20. The smallest absolute Gasteiger partial charge is 0.234 e. The molecule has 21 heavy (non-hydrogen) atoms. The van der Waals surface area contributed by atoms with Gasteiger partial charge in [-0.1, -0.05) is 6.07 Å². The molecule has 6 heteroatoms. The van der Waals surface area contributed by atoms with Gasteiger partial charge in [-0.2, -0.15) is 0 Å². The normalized spacial score (nSPS) is 20.8. The number of nitrogens with one attached hydrogen (secondary N) is 1. The third-order valence-corrected chi connectivity index (χ3v) is 3.92. The highest BCUT2D eigenvalue weighted by molar-refractivity contribution is 5.92. The average Bonchev–Trinajstić information content (AvgIpc) is 2.46. The van der Waals surface area contributed by atoms with Gasteiger partial charge in [0.05, 0.1) is 12.0 Å². The maximum absolute atomic E-state index is 12.3. The van der Waals surface area contributed by atoms with Crippen LogP contribution >= 0.6 is 0 Å². The molecule has 1 aromatic rings. The minimum atomic E-state index is -0.351. The molecule has 1 saturated heterocycles. The monoisotopic (exact) mass is 290 g/mol. The summed E-state index contributed by atoms with van der Waals surface area (Å²) in [6.07, 6.45) is 1.70. The van der Waals surface area contributed by atoms with E-state index in [1.165, 1.54) is 0 Å². The van der Waals surface area contributed by atoms with E-state index in [1.54, 1.807) is 13.0 Å². The molecule has 0 radical (unpaired) electrons. The summed E-state index contributed by atoms with van der Waals surface area (Å²) in [5, 5.41) is 2.85. The van der Waals surface area contributed by atoms with Crippen LogP contribution in [0, 0.1) is 12.8 Å². The van der Waals surface area contributed by atoms with E-state index in [-0.39, 0.29) is 23.8 Å². The first-order valence-electron chi connectivity index (χ1n) is 7.25. The Morgan fingerprint density at radius 2 is 2.24 bits per heavy atom. The van der Waals surface area contributed by atoms with E-state index in [4.69, 9.17) is 5.73 Å². The van der Waals surface area contributed by atoms with Gasteiger partial charge in [-0.15, -0.1) is 0 Å². The minimum Gasteiger partial charge on any atom is -0.368 e. The van der Waals surface area contributed by atoms with Crippen molar-refractivity contribution < 1.29 is 9.59 Å². The average molecular weight is 290 g/mol. The lowest BCUT2D eigenvalue weighted by molar-refractivity contribution is -0.127. The summed E-state index contributed by atoms with van der Waals surface area (Å²) < 4.78 is 0. The number of likely N-dealkylation sites (tertiary alicyclic amines) is 1. The predicted molar refractivity (Wildman–Crippen MR) is 80.6 cm³/mol. The highest BCUT2D eigenvalue weighted by Gasteiger charge is 2.30. The van der Waals surface area contributed by atoms with E-state index in [1.807, 2.05) is 24.0 Å². The highest BCUT2D eigenvalue weighted by Crippen LogP contribution is 2.20. The molecular weight excluding hydrogens is 268 g/mol. The Labute approximate surface area is 124 Å². The first-order chi connectivity index (χ1) is 9.97. The zero-order chi connectivity index (χ0) is 15.4. The lowest BCUT2D eigenvalue weighted by atomic mass is 9.96. The van der Waals surface area contributed by atoms with Gasteiger partial charge in [-0.25, -0.2) is 4.98 Å². The standard InChI is InChI=1S/C15H22N4O2/c1-10-5-3-7-13(17-10)18-15(21)12-6-4-8-19(9-12)11(2)14(16)20/h3,5,7,11-12H,4,6,8-9H2,1-2H3,(H2,16,20)(H,17,18,21)/t11-,12-/m1/s1. The van der Waals surface area contributed by atoms with Crippen molar-refractivity contribution in [2.45, 2.75) is 32.7 Å². The Morgan fingerprint density at radius 3 is 2.90 bits per heavy atom. The summed E-state index contributed by atoms with van der Waals surface area (Å²) >= 11 is 0. The first kappa shape index (κ1) is 15.4. The van der Waals surface area contributed by atoms with Gasteiger partial charge in [-0.3, -0.25) is 14.5 Å². The molecule has 1 aliphatic heterocycles. The van der Waals surface area contributed by atoms with E-state index < -0.39 is 0 Å². The number of rotatable bonds is 4. The summed E-state index contributed by atoms with van der Waals surface area (Å²) in [6, 6.07) is 5.18. The Morgan fingerprint density at radius 1 is 1.48 bits per heavy atom. The zero-order valence-corrected chi connectivity index (χ0v) is 12.5. The van der Waals surface area contributed by atoms with Gasteiger partial charge in [0.1, 0.15) is 5.82 Å². The molecule has 1 fully saturated rings. The van der Waals surface area contributed by atoms with Crippen LogP contribution < -0.4 is 11.1 Å². The van der Waals surface area contributed by atoms with Crippen LogP contribution in [0.5, 0.6) is 0 Å². The summed E-state index contributed by atoms with van der Waals surface area (Å²) in [4.78, 5) is 29.8. The van der Waals surface area contributed by atoms with Gasteiger partial charge in [-0.05, 0) is 45.4 Å². The Bertz CT molecular complexity index is 532. The van der Waals surface area contributed by atoms with Crippen LogP contribution in [0.25, 0.3) is 0 Å².